The number of carbonyl (C=O) groups excluding carboxylic acids is 1. The van der Waals surface area contributed by atoms with Crippen LogP contribution in [0.15, 0.2) is 6.07 Å². The quantitative estimate of drug-likeness (QED) is 0.859. The molecule has 0 spiro atoms. The van der Waals surface area contributed by atoms with Crippen molar-refractivity contribution in [3.63, 3.8) is 0 Å². The van der Waals surface area contributed by atoms with Crippen molar-refractivity contribution in [2.45, 2.75) is 19.3 Å². The lowest BCUT2D eigenvalue weighted by atomic mass is 9.93. The molecule has 2 heterocycles. The van der Waals surface area contributed by atoms with Gasteiger partial charge in [-0.15, -0.1) is 0 Å². The molecule has 1 fully saturated rings. The molecule has 104 valence electrons. The first kappa shape index (κ1) is 13.5. The summed E-state index contributed by atoms with van der Waals surface area (Å²) in [6.07, 6.45) is 1.79. The normalized spacial score (nSPS) is 16.6. The second-order valence-corrected chi connectivity index (χ2v) is 4.76. The minimum atomic E-state index is -0.857. The molecule has 0 saturated carbocycles. The summed E-state index contributed by atoms with van der Waals surface area (Å²) >= 11 is 0. The van der Waals surface area contributed by atoms with Crippen LogP contribution in [0.2, 0.25) is 0 Å². The second-order valence-electron chi connectivity index (χ2n) is 4.76. The van der Waals surface area contributed by atoms with Gasteiger partial charge in [0.2, 0.25) is 5.91 Å². The van der Waals surface area contributed by atoms with Gasteiger partial charge >= 0.3 is 0 Å². The molecule has 2 rings (SSSR count). The molecular formula is C12H16F2N4O. The number of hydrogen-bond acceptors (Lipinski definition) is 4. The fraction of sp³-hybridized carbons (Fsp3) is 0.500. The van der Waals surface area contributed by atoms with Crippen molar-refractivity contribution < 1.29 is 13.6 Å². The lowest BCUT2D eigenvalue weighted by molar-refractivity contribution is -0.119. The number of carbonyl (C=O) groups is 1. The predicted molar refractivity (Wildman–Crippen MR) is 67.3 cm³/mol. The van der Waals surface area contributed by atoms with E-state index in [2.05, 4.69) is 4.98 Å². The van der Waals surface area contributed by atoms with Crippen molar-refractivity contribution in [3.8, 4) is 0 Å². The summed E-state index contributed by atoms with van der Waals surface area (Å²) in [7, 11) is 0. The molecule has 0 bridgehead atoms. The lowest BCUT2D eigenvalue weighted by Gasteiger charge is -2.32. The van der Waals surface area contributed by atoms with Crippen molar-refractivity contribution in [2.75, 3.05) is 23.7 Å². The second kappa shape index (κ2) is 5.38. The summed E-state index contributed by atoms with van der Waals surface area (Å²) in [6, 6.07) is 0.743. The zero-order valence-electron chi connectivity index (χ0n) is 10.4. The maximum Gasteiger partial charge on any atom is 0.217 e. The monoisotopic (exact) mass is 270 g/mol. The highest BCUT2D eigenvalue weighted by Gasteiger charge is 2.24. The molecule has 0 radical (unpaired) electrons. The number of amides is 1. The first-order valence-corrected chi connectivity index (χ1v) is 6.12. The Bertz CT molecular complexity index is 487. The number of hydrogen-bond donors (Lipinski definition) is 2. The molecule has 19 heavy (non-hydrogen) atoms. The summed E-state index contributed by atoms with van der Waals surface area (Å²) in [5.74, 6) is -1.93. The van der Waals surface area contributed by atoms with E-state index < -0.39 is 11.6 Å². The van der Waals surface area contributed by atoms with Gasteiger partial charge in [0, 0.05) is 25.6 Å². The van der Waals surface area contributed by atoms with Crippen LogP contribution >= 0.6 is 0 Å². The predicted octanol–water partition coefficient (Wildman–Crippen LogP) is 1.03. The van der Waals surface area contributed by atoms with E-state index in [4.69, 9.17) is 11.5 Å². The molecule has 1 aliphatic rings. The molecule has 0 aromatic carbocycles. The van der Waals surface area contributed by atoms with E-state index in [1.807, 2.05) is 0 Å². The summed E-state index contributed by atoms with van der Waals surface area (Å²) in [5.41, 5.74) is 10.5. The van der Waals surface area contributed by atoms with Gasteiger partial charge in [-0.3, -0.25) is 4.79 Å². The smallest absolute Gasteiger partial charge is 0.217 e. The average molecular weight is 270 g/mol. The molecule has 4 N–H and O–H groups in total. The Hall–Kier alpha value is -1.92. The van der Waals surface area contributed by atoms with Crippen LogP contribution in [0.1, 0.15) is 19.3 Å². The molecule has 0 unspecified atom stereocenters. The standard InChI is InChI=1S/C12H16F2N4O/c13-8-6-9(14)12(17-11(8)16)18-3-1-7(2-4-18)5-10(15)19/h6-7H,1-5H2,(H2,15,19)(H2,16,17). The maximum absolute atomic E-state index is 13.6. The van der Waals surface area contributed by atoms with Gasteiger partial charge in [-0.1, -0.05) is 0 Å². The Balaban J connectivity index is 2.05. The number of aromatic nitrogens is 1. The summed E-state index contributed by atoms with van der Waals surface area (Å²) < 4.78 is 26.7. The highest BCUT2D eigenvalue weighted by atomic mass is 19.1. The zero-order chi connectivity index (χ0) is 14.0. The van der Waals surface area contributed by atoms with Crippen molar-refractivity contribution in [1.29, 1.82) is 0 Å². The molecule has 0 aliphatic carbocycles. The lowest BCUT2D eigenvalue weighted by Crippen LogP contribution is -2.36. The number of rotatable bonds is 3. The van der Waals surface area contributed by atoms with Crippen molar-refractivity contribution in [3.05, 3.63) is 17.7 Å². The molecule has 1 aromatic heterocycles. The third-order valence-electron chi connectivity index (χ3n) is 3.34. The van der Waals surface area contributed by atoms with Crippen molar-refractivity contribution in [2.24, 2.45) is 11.7 Å². The SMILES string of the molecule is NC(=O)CC1CCN(c2nc(N)c(F)cc2F)CC1. The minimum absolute atomic E-state index is 0.0661. The van der Waals surface area contributed by atoms with Crippen LogP contribution in [-0.4, -0.2) is 24.0 Å². The summed E-state index contributed by atoms with van der Waals surface area (Å²) in [4.78, 5) is 16.3. The van der Waals surface area contributed by atoms with Crippen LogP contribution in [0, 0.1) is 17.6 Å². The fourth-order valence-electron chi connectivity index (χ4n) is 2.33. The number of pyridine rings is 1. The van der Waals surface area contributed by atoms with E-state index in [0.717, 1.165) is 18.9 Å². The van der Waals surface area contributed by atoms with Crippen LogP contribution in [0.5, 0.6) is 0 Å². The number of primary amides is 1. The number of nitrogen functional groups attached to an aromatic ring is 1. The summed E-state index contributed by atoms with van der Waals surface area (Å²) in [6.45, 7) is 1.10. The Kier molecular flexibility index (Phi) is 3.82. The van der Waals surface area contributed by atoms with Crippen LogP contribution in [0.3, 0.4) is 0 Å². The minimum Gasteiger partial charge on any atom is -0.381 e. The molecule has 5 nitrogen and oxygen atoms in total. The fourth-order valence-corrected chi connectivity index (χ4v) is 2.33. The van der Waals surface area contributed by atoms with E-state index in [0.29, 0.717) is 19.5 Å². The number of nitrogens with two attached hydrogens (primary N) is 2. The number of piperidine rings is 1. The number of halogens is 2. The molecule has 1 saturated heterocycles. The zero-order valence-corrected chi connectivity index (χ0v) is 10.4. The van der Waals surface area contributed by atoms with E-state index in [1.165, 1.54) is 0 Å². The molecule has 1 aliphatic heterocycles. The van der Waals surface area contributed by atoms with Gasteiger partial charge in [0.05, 0.1) is 0 Å². The van der Waals surface area contributed by atoms with Gasteiger partial charge < -0.3 is 16.4 Å². The third-order valence-corrected chi connectivity index (χ3v) is 3.34. The first-order valence-electron chi connectivity index (χ1n) is 6.12. The average Bonchev–Trinajstić information content (AvgIpc) is 2.34. The van der Waals surface area contributed by atoms with Crippen molar-refractivity contribution in [1.82, 2.24) is 4.98 Å². The van der Waals surface area contributed by atoms with Gasteiger partial charge in [-0.05, 0) is 18.8 Å². The highest BCUT2D eigenvalue weighted by molar-refractivity contribution is 5.74. The van der Waals surface area contributed by atoms with Gasteiger partial charge in [-0.2, -0.15) is 0 Å². The van der Waals surface area contributed by atoms with Crippen LogP contribution in [0.4, 0.5) is 20.4 Å². The van der Waals surface area contributed by atoms with Gasteiger partial charge in [-0.25, -0.2) is 13.8 Å². The van der Waals surface area contributed by atoms with Crippen LogP contribution in [0.25, 0.3) is 0 Å². The van der Waals surface area contributed by atoms with E-state index in [-0.39, 0.29) is 23.5 Å². The molecule has 7 heteroatoms. The van der Waals surface area contributed by atoms with Gasteiger partial charge in [0.25, 0.3) is 0 Å². The van der Waals surface area contributed by atoms with Crippen LogP contribution < -0.4 is 16.4 Å². The Morgan fingerprint density at radius 3 is 2.58 bits per heavy atom. The molecule has 1 amide bonds. The maximum atomic E-state index is 13.6. The number of anilines is 2. The Morgan fingerprint density at radius 1 is 1.37 bits per heavy atom. The molecular weight excluding hydrogens is 254 g/mol. The highest BCUT2D eigenvalue weighted by Crippen LogP contribution is 2.27. The van der Waals surface area contributed by atoms with Crippen LogP contribution in [-0.2, 0) is 4.79 Å². The van der Waals surface area contributed by atoms with E-state index in [1.54, 1.807) is 4.90 Å². The van der Waals surface area contributed by atoms with E-state index in [9.17, 15) is 13.6 Å². The topological polar surface area (TPSA) is 85.2 Å². The molecule has 1 aromatic rings. The van der Waals surface area contributed by atoms with Gasteiger partial charge in [0.15, 0.2) is 23.3 Å². The summed E-state index contributed by atoms with van der Waals surface area (Å²) in [5, 5.41) is 0. The molecule has 0 atom stereocenters. The Morgan fingerprint density at radius 2 is 2.00 bits per heavy atom. The first-order chi connectivity index (χ1) is 8.97. The van der Waals surface area contributed by atoms with Gasteiger partial charge in [0.1, 0.15) is 0 Å². The van der Waals surface area contributed by atoms with E-state index >= 15 is 0 Å². The largest absolute Gasteiger partial charge is 0.381 e. The Labute approximate surface area is 109 Å². The number of nitrogens with zero attached hydrogens (tertiary/aromatic N) is 2. The third kappa shape index (κ3) is 3.10. The van der Waals surface area contributed by atoms with Crippen molar-refractivity contribution >= 4 is 17.5 Å².